The van der Waals surface area contributed by atoms with Crippen molar-refractivity contribution in [2.75, 3.05) is 37.8 Å². The van der Waals surface area contributed by atoms with E-state index in [0.717, 1.165) is 18.0 Å². The van der Waals surface area contributed by atoms with Gasteiger partial charge in [0.05, 0.1) is 12.2 Å². The van der Waals surface area contributed by atoms with Crippen molar-refractivity contribution >= 4 is 40.7 Å². The second-order valence-electron chi connectivity index (χ2n) is 6.31. The van der Waals surface area contributed by atoms with Crippen LogP contribution in [-0.4, -0.2) is 55.0 Å². The largest absolute Gasteiger partial charge is 0.476 e. The molecular weight excluding hydrogens is 378 g/mol. The molecule has 1 heterocycles. The third-order valence-electron chi connectivity index (χ3n) is 4.13. The van der Waals surface area contributed by atoms with Crippen molar-refractivity contribution in [2.45, 2.75) is 11.0 Å². The fraction of sp³-hybridized carbons (Fsp3) is 0.300. The van der Waals surface area contributed by atoms with E-state index >= 15 is 0 Å². The maximum atomic E-state index is 12.4. The number of carbonyl (C=O) groups excluding carboxylic acids is 1. The molecule has 0 aromatic heterocycles. The van der Waals surface area contributed by atoms with E-state index in [-0.39, 0.29) is 5.91 Å². The van der Waals surface area contributed by atoms with Gasteiger partial charge in [0.25, 0.3) is 5.91 Å². The molecule has 0 saturated carbocycles. The topological polar surface area (TPSA) is 44.8 Å². The number of hydrogen-bond acceptors (Lipinski definition) is 4. The van der Waals surface area contributed by atoms with Crippen LogP contribution in [0, 0.1) is 0 Å². The Morgan fingerprint density at radius 3 is 2.67 bits per heavy atom. The minimum atomic E-state index is -0.576. The van der Waals surface area contributed by atoms with Crippen molar-refractivity contribution in [1.82, 2.24) is 10.2 Å². The molecule has 0 aliphatic carbocycles. The molecule has 7 heteroatoms. The van der Waals surface area contributed by atoms with Gasteiger partial charge in [0.15, 0.2) is 11.2 Å². The number of hydrogen-bond donors (Lipinski definition) is 1. The van der Waals surface area contributed by atoms with Crippen LogP contribution >= 0.6 is 24.0 Å². The number of amides is 1. The van der Waals surface area contributed by atoms with E-state index in [4.69, 9.17) is 17.0 Å². The Morgan fingerprint density at radius 1 is 1.22 bits per heavy atom. The number of nitrogens with zero attached hydrogens (tertiary/aromatic N) is 2. The molecule has 0 radical (unpaired) electrons. The van der Waals surface area contributed by atoms with Gasteiger partial charge in [-0.25, -0.2) is 0 Å². The van der Waals surface area contributed by atoms with Crippen molar-refractivity contribution in [3.05, 3.63) is 54.6 Å². The molecule has 1 aliphatic heterocycles. The van der Waals surface area contributed by atoms with E-state index in [1.54, 1.807) is 30.8 Å². The smallest absolute Gasteiger partial charge is 0.265 e. The van der Waals surface area contributed by atoms with Gasteiger partial charge < -0.3 is 19.9 Å². The van der Waals surface area contributed by atoms with E-state index in [2.05, 4.69) is 17.4 Å². The standard InChI is InChI=1S/C20H23N3O2S2/c1-22(2)19(24)18-14-23(16-10-6-7-11-17(16)25-18)20(26)21-12-13-27-15-8-4-3-5-9-15/h3-11,18H,12-14H2,1-2H3,(H,21,26). The summed E-state index contributed by atoms with van der Waals surface area (Å²) >= 11 is 7.39. The maximum Gasteiger partial charge on any atom is 0.265 e. The van der Waals surface area contributed by atoms with Crippen LogP contribution in [0.1, 0.15) is 0 Å². The Morgan fingerprint density at radius 2 is 1.93 bits per heavy atom. The van der Waals surface area contributed by atoms with Crippen LogP contribution in [0.2, 0.25) is 0 Å². The Labute approximate surface area is 169 Å². The summed E-state index contributed by atoms with van der Waals surface area (Å²) in [4.78, 5) is 17.1. The fourth-order valence-electron chi connectivity index (χ4n) is 2.78. The minimum Gasteiger partial charge on any atom is -0.476 e. The molecule has 3 rings (SSSR count). The first-order valence-corrected chi connectivity index (χ1v) is 10.2. The number of nitrogens with one attached hydrogen (secondary N) is 1. The number of benzene rings is 2. The van der Waals surface area contributed by atoms with Gasteiger partial charge in [0.2, 0.25) is 0 Å². The molecule has 0 fully saturated rings. The molecule has 2 aromatic carbocycles. The predicted molar refractivity (Wildman–Crippen MR) is 115 cm³/mol. The summed E-state index contributed by atoms with van der Waals surface area (Å²) in [6.07, 6.45) is -0.576. The maximum absolute atomic E-state index is 12.4. The number of thiocarbonyl (C=S) groups is 1. The lowest BCUT2D eigenvalue weighted by Crippen LogP contribution is -2.53. The molecule has 2 aromatic rings. The van der Waals surface area contributed by atoms with E-state index < -0.39 is 6.10 Å². The Balaban J connectivity index is 1.62. The summed E-state index contributed by atoms with van der Waals surface area (Å²) in [6.45, 7) is 1.13. The van der Waals surface area contributed by atoms with E-state index in [9.17, 15) is 4.79 Å². The predicted octanol–water partition coefficient (Wildman–Crippen LogP) is 3.01. The number of ether oxygens (including phenoxy) is 1. The highest BCUT2D eigenvalue weighted by molar-refractivity contribution is 7.99. The number of para-hydroxylation sites is 2. The molecular formula is C20H23N3O2S2. The van der Waals surface area contributed by atoms with Crippen molar-refractivity contribution in [3.63, 3.8) is 0 Å². The number of anilines is 1. The summed E-state index contributed by atoms with van der Waals surface area (Å²) < 4.78 is 5.89. The number of rotatable bonds is 5. The average Bonchev–Trinajstić information content (AvgIpc) is 2.70. The zero-order chi connectivity index (χ0) is 19.2. The summed E-state index contributed by atoms with van der Waals surface area (Å²) in [5.74, 6) is 1.50. The second-order valence-corrected chi connectivity index (χ2v) is 7.87. The van der Waals surface area contributed by atoms with Gasteiger partial charge in [0, 0.05) is 31.3 Å². The third kappa shape index (κ3) is 4.93. The molecule has 5 nitrogen and oxygen atoms in total. The van der Waals surface area contributed by atoms with Gasteiger partial charge >= 0.3 is 0 Å². The Bertz CT molecular complexity index is 799. The highest BCUT2D eigenvalue weighted by Gasteiger charge is 2.33. The van der Waals surface area contributed by atoms with Crippen LogP contribution < -0.4 is 15.0 Å². The van der Waals surface area contributed by atoms with Gasteiger partial charge in [-0.3, -0.25) is 4.79 Å². The molecule has 0 bridgehead atoms. The highest BCUT2D eigenvalue weighted by Crippen LogP contribution is 2.33. The summed E-state index contributed by atoms with van der Waals surface area (Å²) in [5, 5.41) is 3.92. The van der Waals surface area contributed by atoms with Gasteiger partial charge in [0.1, 0.15) is 5.75 Å². The molecule has 1 amide bonds. The summed E-state index contributed by atoms with van der Waals surface area (Å²) in [6, 6.07) is 17.9. The van der Waals surface area contributed by atoms with Crippen molar-refractivity contribution in [2.24, 2.45) is 0 Å². The first-order valence-electron chi connectivity index (χ1n) is 8.76. The zero-order valence-electron chi connectivity index (χ0n) is 15.4. The van der Waals surface area contributed by atoms with E-state index in [0.29, 0.717) is 17.4 Å². The number of carbonyl (C=O) groups is 1. The van der Waals surface area contributed by atoms with Crippen molar-refractivity contribution < 1.29 is 9.53 Å². The molecule has 0 spiro atoms. The van der Waals surface area contributed by atoms with Crippen LogP contribution in [0.5, 0.6) is 5.75 Å². The molecule has 1 unspecified atom stereocenters. The molecule has 1 aliphatic rings. The van der Waals surface area contributed by atoms with Crippen LogP contribution in [0.3, 0.4) is 0 Å². The first kappa shape index (κ1) is 19.5. The number of likely N-dealkylation sites (N-methyl/N-ethyl adjacent to an activating group) is 1. The van der Waals surface area contributed by atoms with Crippen LogP contribution in [0.4, 0.5) is 5.69 Å². The monoisotopic (exact) mass is 401 g/mol. The highest BCUT2D eigenvalue weighted by atomic mass is 32.2. The quantitative estimate of drug-likeness (QED) is 0.472. The van der Waals surface area contributed by atoms with Crippen LogP contribution in [0.15, 0.2) is 59.5 Å². The normalized spacial score (nSPS) is 15.5. The summed E-state index contributed by atoms with van der Waals surface area (Å²) in [7, 11) is 3.46. The van der Waals surface area contributed by atoms with Crippen LogP contribution in [0.25, 0.3) is 0 Å². The van der Waals surface area contributed by atoms with E-state index in [1.807, 2.05) is 47.4 Å². The lowest BCUT2D eigenvalue weighted by molar-refractivity contribution is -0.135. The van der Waals surface area contributed by atoms with Crippen molar-refractivity contribution in [3.8, 4) is 5.75 Å². The molecule has 1 atom stereocenters. The Kier molecular flexibility index (Phi) is 6.58. The van der Waals surface area contributed by atoms with Gasteiger partial charge in [-0.1, -0.05) is 30.3 Å². The molecule has 0 saturated heterocycles. The summed E-state index contributed by atoms with van der Waals surface area (Å²) in [5.41, 5.74) is 0.883. The van der Waals surface area contributed by atoms with Crippen LogP contribution in [-0.2, 0) is 4.79 Å². The van der Waals surface area contributed by atoms with Crippen molar-refractivity contribution in [1.29, 1.82) is 0 Å². The molecule has 142 valence electrons. The zero-order valence-corrected chi connectivity index (χ0v) is 17.1. The second kappa shape index (κ2) is 9.10. The number of fused-ring (bicyclic) bond motifs is 1. The van der Waals surface area contributed by atoms with Gasteiger partial charge in [-0.2, -0.15) is 0 Å². The first-order chi connectivity index (χ1) is 13.1. The minimum absolute atomic E-state index is 0.0723. The van der Waals surface area contributed by atoms with Gasteiger partial charge in [-0.05, 0) is 36.5 Å². The molecule has 27 heavy (non-hydrogen) atoms. The average molecular weight is 402 g/mol. The lowest BCUT2D eigenvalue weighted by atomic mass is 10.2. The SMILES string of the molecule is CN(C)C(=O)C1CN(C(=S)NCCSc2ccccc2)c2ccccc2O1. The molecule has 1 N–H and O–H groups in total. The van der Waals surface area contributed by atoms with E-state index in [1.165, 1.54) is 4.90 Å². The third-order valence-corrected chi connectivity index (χ3v) is 5.50. The lowest BCUT2D eigenvalue weighted by Gasteiger charge is -2.36. The number of thioether (sulfide) groups is 1. The fourth-order valence-corrected chi connectivity index (χ4v) is 3.85. The Hall–Kier alpha value is -2.25. The van der Waals surface area contributed by atoms with Gasteiger partial charge in [-0.15, -0.1) is 11.8 Å².